The number of ether oxygens (including phenoxy) is 2. The third-order valence-corrected chi connectivity index (χ3v) is 3.25. The minimum Gasteiger partial charge on any atom is -0.493 e. The van der Waals surface area contributed by atoms with Crippen molar-refractivity contribution in [2.45, 2.75) is 52.0 Å². The summed E-state index contributed by atoms with van der Waals surface area (Å²) < 4.78 is 10.6. The van der Waals surface area contributed by atoms with Gasteiger partial charge in [-0.2, -0.15) is 0 Å². The van der Waals surface area contributed by atoms with Crippen molar-refractivity contribution in [3.8, 4) is 11.5 Å². The highest BCUT2D eigenvalue weighted by molar-refractivity contribution is 5.42. The topological polar surface area (TPSA) is 30.5 Å². The maximum Gasteiger partial charge on any atom is 0.160 e. The van der Waals surface area contributed by atoms with E-state index in [1.165, 1.54) is 24.8 Å². The molecule has 0 aliphatic heterocycles. The molecule has 20 heavy (non-hydrogen) atoms. The highest BCUT2D eigenvalue weighted by Crippen LogP contribution is 2.28. The van der Waals surface area contributed by atoms with Crippen molar-refractivity contribution < 1.29 is 9.47 Å². The van der Waals surface area contributed by atoms with Crippen LogP contribution in [0.15, 0.2) is 18.2 Å². The molecular formula is C17H29NO2. The molecular weight excluding hydrogens is 250 g/mol. The Bertz CT molecular complexity index is 396. The molecule has 0 atom stereocenters. The summed E-state index contributed by atoms with van der Waals surface area (Å²) in [6.45, 7) is 7.71. The molecule has 1 rings (SSSR count). The van der Waals surface area contributed by atoms with E-state index in [-0.39, 0.29) is 5.54 Å². The van der Waals surface area contributed by atoms with Gasteiger partial charge in [-0.3, -0.25) is 0 Å². The summed E-state index contributed by atoms with van der Waals surface area (Å²) in [4.78, 5) is 0. The molecule has 1 aromatic carbocycles. The minimum absolute atomic E-state index is 0.226. The maximum absolute atomic E-state index is 5.32. The van der Waals surface area contributed by atoms with Gasteiger partial charge >= 0.3 is 0 Å². The molecule has 0 amide bonds. The SMILES string of the molecule is COc1ccc(CCCCCNC(C)(C)C)cc1OC. The first-order valence-electron chi connectivity index (χ1n) is 7.42. The molecule has 3 nitrogen and oxygen atoms in total. The lowest BCUT2D eigenvalue weighted by Crippen LogP contribution is -2.36. The molecule has 0 spiro atoms. The van der Waals surface area contributed by atoms with Crippen LogP contribution in [0.3, 0.4) is 0 Å². The smallest absolute Gasteiger partial charge is 0.160 e. The average molecular weight is 279 g/mol. The zero-order valence-corrected chi connectivity index (χ0v) is 13.6. The van der Waals surface area contributed by atoms with Crippen molar-refractivity contribution in [1.82, 2.24) is 5.32 Å². The van der Waals surface area contributed by atoms with E-state index in [0.717, 1.165) is 24.5 Å². The Morgan fingerprint density at radius 3 is 2.25 bits per heavy atom. The van der Waals surface area contributed by atoms with Crippen molar-refractivity contribution in [2.75, 3.05) is 20.8 Å². The maximum atomic E-state index is 5.32. The van der Waals surface area contributed by atoms with Crippen LogP contribution in [0.2, 0.25) is 0 Å². The summed E-state index contributed by atoms with van der Waals surface area (Å²) in [6, 6.07) is 6.18. The van der Waals surface area contributed by atoms with E-state index < -0.39 is 0 Å². The zero-order chi connectivity index (χ0) is 15.0. The fraction of sp³-hybridized carbons (Fsp3) is 0.647. The van der Waals surface area contributed by atoms with Crippen molar-refractivity contribution in [1.29, 1.82) is 0 Å². The van der Waals surface area contributed by atoms with Crippen LogP contribution in [0.4, 0.5) is 0 Å². The number of rotatable bonds is 8. The molecule has 1 aromatic rings. The van der Waals surface area contributed by atoms with Crippen molar-refractivity contribution in [3.05, 3.63) is 23.8 Å². The molecule has 0 unspecified atom stereocenters. The summed E-state index contributed by atoms with van der Waals surface area (Å²) in [6.07, 6.45) is 4.78. The largest absolute Gasteiger partial charge is 0.493 e. The molecule has 0 saturated heterocycles. The number of hydrogen-bond acceptors (Lipinski definition) is 3. The van der Waals surface area contributed by atoms with E-state index in [1.807, 2.05) is 6.07 Å². The van der Waals surface area contributed by atoms with Gasteiger partial charge in [-0.25, -0.2) is 0 Å². The van der Waals surface area contributed by atoms with Crippen LogP contribution in [0.5, 0.6) is 11.5 Å². The summed E-state index contributed by atoms with van der Waals surface area (Å²) in [7, 11) is 3.35. The fourth-order valence-corrected chi connectivity index (χ4v) is 2.13. The molecule has 0 fully saturated rings. The number of hydrogen-bond donors (Lipinski definition) is 1. The lowest BCUT2D eigenvalue weighted by Gasteiger charge is -2.20. The second kappa shape index (κ2) is 8.15. The Kier molecular flexibility index (Phi) is 6.86. The second-order valence-corrected chi connectivity index (χ2v) is 6.18. The number of nitrogens with one attached hydrogen (secondary N) is 1. The summed E-state index contributed by atoms with van der Waals surface area (Å²) in [5, 5.41) is 3.52. The summed E-state index contributed by atoms with van der Waals surface area (Å²) in [5.74, 6) is 1.62. The van der Waals surface area contributed by atoms with Crippen LogP contribution in [-0.4, -0.2) is 26.3 Å². The van der Waals surface area contributed by atoms with Gasteiger partial charge in [0, 0.05) is 5.54 Å². The van der Waals surface area contributed by atoms with Gasteiger partial charge in [-0.1, -0.05) is 12.5 Å². The zero-order valence-electron chi connectivity index (χ0n) is 13.6. The first kappa shape index (κ1) is 16.8. The van der Waals surface area contributed by atoms with Crippen LogP contribution < -0.4 is 14.8 Å². The Hall–Kier alpha value is -1.22. The van der Waals surface area contributed by atoms with Crippen molar-refractivity contribution in [2.24, 2.45) is 0 Å². The molecule has 0 radical (unpaired) electrons. The highest BCUT2D eigenvalue weighted by Gasteiger charge is 2.07. The van der Waals surface area contributed by atoms with E-state index in [9.17, 15) is 0 Å². The van der Waals surface area contributed by atoms with Gasteiger partial charge in [-0.15, -0.1) is 0 Å². The monoisotopic (exact) mass is 279 g/mol. The van der Waals surface area contributed by atoms with E-state index in [4.69, 9.17) is 9.47 Å². The molecule has 1 N–H and O–H groups in total. The van der Waals surface area contributed by atoms with Gasteiger partial charge in [0.2, 0.25) is 0 Å². The molecule has 0 aliphatic carbocycles. The summed E-state index contributed by atoms with van der Waals surface area (Å²) >= 11 is 0. The lowest BCUT2D eigenvalue weighted by molar-refractivity contribution is 0.354. The Labute approximate surface area is 123 Å². The van der Waals surface area contributed by atoms with Crippen LogP contribution in [0.25, 0.3) is 0 Å². The van der Waals surface area contributed by atoms with E-state index >= 15 is 0 Å². The number of methoxy groups -OCH3 is 2. The van der Waals surface area contributed by atoms with E-state index in [1.54, 1.807) is 14.2 Å². The molecule has 114 valence electrons. The Morgan fingerprint density at radius 1 is 0.950 bits per heavy atom. The van der Waals surface area contributed by atoms with Crippen molar-refractivity contribution in [3.63, 3.8) is 0 Å². The first-order chi connectivity index (χ1) is 9.46. The molecule has 0 heterocycles. The van der Waals surface area contributed by atoms with E-state index in [2.05, 4.69) is 38.2 Å². The molecule has 0 bridgehead atoms. The third kappa shape index (κ3) is 6.29. The molecule has 0 saturated carbocycles. The predicted octanol–water partition coefficient (Wildman–Crippen LogP) is 3.80. The highest BCUT2D eigenvalue weighted by atomic mass is 16.5. The predicted molar refractivity (Wildman–Crippen MR) is 84.9 cm³/mol. The van der Waals surface area contributed by atoms with Gasteiger partial charge in [-0.05, 0) is 64.3 Å². The van der Waals surface area contributed by atoms with Gasteiger partial charge in [0.05, 0.1) is 14.2 Å². The van der Waals surface area contributed by atoms with Gasteiger partial charge in [0.1, 0.15) is 0 Å². The quantitative estimate of drug-likeness (QED) is 0.734. The Morgan fingerprint density at radius 2 is 1.65 bits per heavy atom. The van der Waals surface area contributed by atoms with Crippen molar-refractivity contribution >= 4 is 0 Å². The van der Waals surface area contributed by atoms with Gasteiger partial charge in [0.25, 0.3) is 0 Å². The lowest BCUT2D eigenvalue weighted by atomic mass is 10.1. The standard InChI is InChI=1S/C17H29NO2/c1-17(2,3)18-12-8-6-7-9-14-10-11-15(19-4)16(13-14)20-5/h10-11,13,18H,6-9,12H2,1-5H3. The van der Waals surface area contributed by atoms with Crippen LogP contribution in [0.1, 0.15) is 45.6 Å². The minimum atomic E-state index is 0.226. The van der Waals surface area contributed by atoms with E-state index in [0.29, 0.717) is 0 Å². The van der Waals surface area contributed by atoms with Gasteiger partial charge < -0.3 is 14.8 Å². The second-order valence-electron chi connectivity index (χ2n) is 6.18. The van der Waals surface area contributed by atoms with Crippen LogP contribution in [-0.2, 0) is 6.42 Å². The molecule has 0 aromatic heterocycles. The number of aryl methyl sites for hydroxylation is 1. The van der Waals surface area contributed by atoms with Crippen LogP contribution in [0, 0.1) is 0 Å². The normalized spacial score (nSPS) is 11.4. The molecule has 0 aliphatic rings. The Balaban J connectivity index is 2.28. The summed E-state index contributed by atoms with van der Waals surface area (Å²) in [5.41, 5.74) is 1.54. The average Bonchev–Trinajstić information content (AvgIpc) is 2.41. The first-order valence-corrected chi connectivity index (χ1v) is 7.42. The van der Waals surface area contributed by atoms with Crippen LogP contribution >= 0.6 is 0 Å². The molecule has 3 heteroatoms. The number of unbranched alkanes of at least 4 members (excludes halogenated alkanes) is 2. The third-order valence-electron chi connectivity index (χ3n) is 3.25. The number of benzene rings is 1. The fourth-order valence-electron chi connectivity index (χ4n) is 2.13. The van der Waals surface area contributed by atoms with Gasteiger partial charge in [0.15, 0.2) is 11.5 Å².